The highest BCUT2D eigenvalue weighted by molar-refractivity contribution is 5.77. The van der Waals surface area contributed by atoms with Gasteiger partial charge in [-0.2, -0.15) is 0 Å². The molecule has 7 atom stereocenters. The molecule has 3 saturated heterocycles. The van der Waals surface area contributed by atoms with Crippen LogP contribution in [0.4, 0.5) is 0 Å². The summed E-state index contributed by atoms with van der Waals surface area (Å²) >= 11 is 0. The van der Waals surface area contributed by atoms with Gasteiger partial charge in [-0.15, -0.1) is 0 Å². The van der Waals surface area contributed by atoms with Crippen LogP contribution in [0.15, 0.2) is 0 Å². The van der Waals surface area contributed by atoms with E-state index in [-0.39, 0.29) is 29.1 Å². The fourth-order valence-electron chi connectivity index (χ4n) is 6.97. The first-order valence-corrected chi connectivity index (χ1v) is 8.61. The SMILES string of the molecule is CC(C)C1C2C(=O)O[C@@H]1C13OCCN1C[C@H]1CCC2[C@]13C. The first-order chi connectivity index (χ1) is 10.0. The maximum absolute atomic E-state index is 12.6. The molecule has 5 aliphatic rings. The van der Waals surface area contributed by atoms with Crippen LogP contribution in [0, 0.1) is 35.0 Å². The molecule has 0 radical (unpaired) electrons. The highest BCUT2D eigenvalue weighted by Crippen LogP contribution is 2.72. The van der Waals surface area contributed by atoms with Gasteiger partial charge in [-0.3, -0.25) is 9.69 Å². The third-order valence-corrected chi connectivity index (χ3v) is 7.68. The van der Waals surface area contributed by atoms with Crippen molar-refractivity contribution in [3.8, 4) is 0 Å². The predicted molar refractivity (Wildman–Crippen MR) is 76.3 cm³/mol. The zero-order valence-electron chi connectivity index (χ0n) is 13.2. The molecule has 4 unspecified atom stereocenters. The van der Waals surface area contributed by atoms with E-state index < -0.39 is 0 Å². The Balaban J connectivity index is 1.75. The maximum atomic E-state index is 12.6. The Morgan fingerprint density at radius 3 is 2.90 bits per heavy atom. The number of esters is 1. The monoisotopic (exact) mass is 291 g/mol. The van der Waals surface area contributed by atoms with Crippen LogP contribution >= 0.6 is 0 Å². The molecule has 0 aromatic carbocycles. The van der Waals surface area contributed by atoms with Crippen LogP contribution in [-0.4, -0.2) is 42.4 Å². The van der Waals surface area contributed by atoms with E-state index in [0.29, 0.717) is 23.7 Å². The first-order valence-electron chi connectivity index (χ1n) is 8.61. The van der Waals surface area contributed by atoms with Crippen LogP contribution in [0.5, 0.6) is 0 Å². The molecule has 2 aliphatic carbocycles. The van der Waals surface area contributed by atoms with Crippen molar-refractivity contribution in [2.45, 2.75) is 45.4 Å². The minimum Gasteiger partial charge on any atom is -0.457 e. The van der Waals surface area contributed by atoms with Gasteiger partial charge >= 0.3 is 5.97 Å². The van der Waals surface area contributed by atoms with Gasteiger partial charge in [0.05, 0.1) is 12.5 Å². The number of nitrogens with zero attached hydrogens (tertiary/aromatic N) is 1. The summed E-state index contributed by atoms with van der Waals surface area (Å²) in [6.45, 7) is 9.82. The maximum Gasteiger partial charge on any atom is 0.310 e. The van der Waals surface area contributed by atoms with E-state index in [1.54, 1.807) is 0 Å². The number of hydrogen-bond acceptors (Lipinski definition) is 4. The number of ether oxygens (including phenoxy) is 2. The summed E-state index contributed by atoms with van der Waals surface area (Å²) < 4.78 is 12.4. The van der Waals surface area contributed by atoms with Gasteiger partial charge in [-0.05, 0) is 30.6 Å². The zero-order valence-corrected chi connectivity index (χ0v) is 13.2. The highest BCUT2D eigenvalue weighted by atomic mass is 16.6. The number of fused-ring (bicyclic) bond motifs is 3. The lowest BCUT2D eigenvalue weighted by Crippen LogP contribution is -2.66. The summed E-state index contributed by atoms with van der Waals surface area (Å²) in [5, 5.41) is 0. The predicted octanol–water partition coefficient (Wildman–Crippen LogP) is 1.89. The fourth-order valence-corrected chi connectivity index (χ4v) is 6.97. The topological polar surface area (TPSA) is 38.8 Å². The molecular weight excluding hydrogens is 266 g/mol. The van der Waals surface area contributed by atoms with Gasteiger partial charge < -0.3 is 9.47 Å². The summed E-state index contributed by atoms with van der Waals surface area (Å²) in [5.41, 5.74) is -0.215. The summed E-state index contributed by atoms with van der Waals surface area (Å²) in [7, 11) is 0. The molecule has 1 spiro atoms. The second kappa shape index (κ2) is 3.65. The molecule has 2 bridgehead atoms. The minimum absolute atomic E-state index is 0.0538. The fraction of sp³-hybridized carbons (Fsp3) is 0.941. The van der Waals surface area contributed by atoms with Gasteiger partial charge in [0, 0.05) is 24.4 Å². The molecule has 4 heteroatoms. The van der Waals surface area contributed by atoms with Crippen molar-refractivity contribution in [3.63, 3.8) is 0 Å². The Morgan fingerprint density at radius 2 is 2.14 bits per heavy atom. The summed E-state index contributed by atoms with van der Waals surface area (Å²) in [4.78, 5) is 15.1. The Kier molecular flexibility index (Phi) is 2.24. The Bertz CT molecular complexity index is 520. The Hall–Kier alpha value is -0.610. The van der Waals surface area contributed by atoms with Crippen molar-refractivity contribution in [3.05, 3.63) is 0 Å². The molecule has 0 N–H and O–H groups in total. The van der Waals surface area contributed by atoms with Crippen molar-refractivity contribution in [1.82, 2.24) is 4.90 Å². The van der Waals surface area contributed by atoms with Crippen molar-refractivity contribution >= 4 is 5.97 Å². The van der Waals surface area contributed by atoms with Crippen LogP contribution in [0.2, 0.25) is 0 Å². The van der Waals surface area contributed by atoms with Crippen LogP contribution in [0.3, 0.4) is 0 Å². The molecule has 0 aromatic rings. The molecule has 21 heavy (non-hydrogen) atoms. The van der Waals surface area contributed by atoms with E-state index in [0.717, 1.165) is 19.7 Å². The molecule has 5 rings (SSSR count). The van der Waals surface area contributed by atoms with Crippen LogP contribution in [0.25, 0.3) is 0 Å². The van der Waals surface area contributed by atoms with E-state index in [9.17, 15) is 4.79 Å². The first kappa shape index (κ1) is 12.9. The Labute approximate surface area is 126 Å². The van der Waals surface area contributed by atoms with Gasteiger partial charge in [-0.25, -0.2) is 0 Å². The highest BCUT2D eigenvalue weighted by Gasteiger charge is 2.81. The average molecular weight is 291 g/mol. The van der Waals surface area contributed by atoms with E-state index >= 15 is 0 Å². The molecule has 0 amide bonds. The number of rotatable bonds is 1. The van der Waals surface area contributed by atoms with E-state index in [1.165, 1.54) is 12.8 Å². The average Bonchev–Trinajstić information content (AvgIpc) is 3.09. The zero-order chi connectivity index (χ0) is 14.6. The lowest BCUT2D eigenvalue weighted by Gasteiger charge is -2.55. The summed E-state index contributed by atoms with van der Waals surface area (Å²) in [5.74, 6) is 2.09. The molecule has 5 fully saturated rings. The van der Waals surface area contributed by atoms with Gasteiger partial charge in [0.1, 0.15) is 6.10 Å². The van der Waals surface area contributed by atoms with Crippen LogP contribution in [0.1, 0.15) is 33.6 Å². The molecule has 3 aliphatic heterocycles. The lowest BCUT2D eigenvalue weighted by molar-refractivity contribution is -0.240. The van der Waals surface area contributed by atoms with Crippen molar-refractivity contribution in [1.29, 1.82) is 0 Å². The standard InChI is InChI=1S/C17H25NO3/c1-9(2)12-13-11-5-4-10-8-18-6-7-20-17(18,16(10,11)3)14(12)21-15(13)19/h9-14H,4-8H2,1-3H3/t10-,11?,12?,13?,14+,16+,17?/m1/s1. The lowest BCUT2D eigenvalue weighted by atomic mass is 9.53. The third kappa shape index (κ3) is 1.12. The quantitative estimate of drug-likeness (QED) is 0.692. The summed E-state index contributed by atoms with van der Waals surface area (Å²) in [6.07, 6.45) is 2.38. The molecular formula is C17H25NO3. The molecule has 3 heterocycles. The molecule has 4 nitrogen and oxygen atoms in total. The molecule has 2 saturated carbocycles. The van der Waals surface area contributed by atoms with Crippen LogP contribution in [-0.2, 0) is 14.3 Å². The smallest absolute Gasteiger partial charge is 0.310 e. The van der Waals surface area contributed by atoms with Crippen molar-refractivity contribution < 1.29 is 14.3 Å². The number of hydrogen-bond donors (Lipinski definition) is 0. The normalized spacial score (nSPS) is 57.7. The number of carbonyl (C=O) groups excluding carboxylic acids is 1. The van der Waals surface area contributed by atoms with Gasteiger partial charge in [-0.1, -0.05) is 20.8 Å². The van der Waals surface area contributed by atoms with E-state index in [2.05, 4.69) is 25.7 Å². The number of carbonyl (C=O) groups is 1. The van der Waals surface area contributed by atoms with Gasteiger partial charge in [0.25, 0.3) is 0 Å². The Morgan fingerprint density at radius 1 is 1.33 bits per heavy atom. The van der Waals surface area contributed by atoms with Gasteiger partial charge in [0.2, 0.25) is 0 Å². The second-order valence-electron chi connectivity index (χ2n) is 8.36. The molecule has 0 aromatic heterocycles. The van der Waals surface area contributed by atoms with Gasteiger partial charge in [0.15, 0.2) is 5.72 Å². The third-order valence-electron chi connectivity index (χ3n) is 7.68. The van der Waals surface area contributed by atoms with Crippen molar-refractivity contribution in [2.75, 3.05) is 19.7 Å². The van der Waals surface area contributed by atoms with E-state index in [1.807, 2.05) is 0 Å². The second-order valence-corrected chi connectivity index (χ2v) is 8.36. The van der Waals surface area contributed by atoms with E-state index in [4.69, 9.17) is 9.47 Å². The minimum atomic E-state index is -0.323. The van der Waals surface area contributed by atoms with Crippen LogP contribution < -0.4 is 0 Å². The largest absolute Gasteiger partial charge is 0.457 e. The van der Waals surface area contributed by atoms with Crippen molar-refractivity contribution in [2.24, 2.45) is 35.0 Å². The summed E-state index contributed by atoms with van der Waals surface area (Å²) in [6, 6.07) is 0. The molecule has 116 valence electrons.